The van der Waals surface area contributed by atoms with Crippen LogP contribution in [0, 0.1) is 0 Å². The van der Waals surface area contributed by atoms with Crippen molar-refractivity contribution < 1.29 is 9.52 Å². The van der Waals surface area contributed by atoms with Gasteiger partial charge < -0.3 is 14.8 Å². The highest BCUT2D eigenvalue weighted by Crippen LogP contribution is 2.19. The predicted molar refractivity (Wildman–Crippen MR) is 49.2 cm³/mol. The van der Waals surface area contributed by atoms with Gasteiger partial charge in [0, 0.05) is 6.04 Å². The molecule has 72 valence electrons. The van der Waals surface area contributed by atoms with Crippen LogP contribution in [0.4, 0.5) is 0 Å². The molecule has 3 heteroatoms. The van der Waals surface area contributed by atoms with Crippen molar-refractivity contribution in [2.75, 3.05) is 0 Å². The molecule has 1 fully saturated rings. The highest BCUT2D eigenvalue weighted by atomic mass is 16.3. The number of aliphatic hydroxyl groups excluding tert-OH is 1. The molecule has 0 aromatic carbocycles. The van der Waals surface area contributed by atoms with Gasteiger partial charge in [-0.15, -0.1) is 0 Å². The minimum absolute atomic E-state index is 0.171. The summed E-state index contributed by atoms with van der Waals surface area (Å²) in [7, 11) is 0. The Balaban J connectivity index is 1.79. The van der Waals surface area contributed by atoms with E-state index < -0.39 is 0 Å². The van der Waals surface area contributed by atoms with E-state index in [0.717, 1.165) is 25.0 Å². The maximum atomic E-state index is 9.52. The van der Waals surface area contributed by atoms with Crippen LogP contribution in [-0.2, 0) is 6.54 Å². The molecule has 0 radical (unpaired) electrons. The monoisotopic (exact) mass is 181 g/mol. The van der Waals surface area contributed by atoms with E-state index in [1.165, 1.54) is 0 Å². The quantitative estimate of drug-likeness (QED) is 0.738. The molecule has 0 unspecified atom stereocenters. The summed E-state index contributed by atoms with van der Waals surface area (Å²) in [5, 5.41) is 12.8. The third-order valence-electron chi connectivity index (χ3n) is 2.60. The van der Waals surface area contributed by atoms with Crippen molar-refractivity contribution in [3.05, 3.63) is 24.2 Å². The minimum Gasteiger partial charge on any atom is -0.468 e. The fourth-order valence-corrected chi connectivity index (χ4v) is 1.82. The number of nitrogens with one attached hydrogen (secondary N) is 1. The Hall–Kier alpha value is -0.800. The van der Waals surface area contributed by atoms with Crippen molar-refractivity contribution in [2.24, 2.45) is 0 Å². The first kappa shape index (κ1) is 8.78. The third kappa shape index (κ3) is 2.11. The molecule has 1 aromatic heterocycles. The highest BCUT2D eigenvalue weighted by Gasteiger charge is 2.24. The lowest BCUT2D eigenvalue weighted by atomic mass is 10.2. The number of hydrogen-bond acceptors (Lipinski definition) is 3. The molecule has 2 atom stereocenters. The topological polar surface area (TPSA) is 45.4 Å². The minimum atomic E-state index is -0.171. The summed E-state index contributed by atoms with van der Waals surface area (Å²) in [6, 6.07) is 4.07. The fourth-order valence-electron chi connectivity index (χ4n) is 1.82. The zero-order valence-electron chi connectivity index (χ0n) is 7.57. The Bertz CT molecular complexity index is 245. The third-order valence-corrected chi connectivity index (χ3v) is 2.60. The van der Waals surface area contributed by atoms with Gasteiger partial charge in [0.1, 0.15) is 5.76 Å². The van der Waals surface area contributed by atoms with Crippen molar-refractivity contribution in [1.29, 1.82) is 0 Å². The van der Waals surface area contributed by atoms with Crippen molar-refractivity contribution in [1.82, 2.24) is 5.32 Å². The number of furan rings is 1. The van der Waals surface area contributed by atoms with E-state index in [-0.39, 0.29) is 12.1 Å². The standard InChI is InChI=1S/C10H15NO2/c12-10-5-1-4-9(10)11-7-8-3-2-6-13-8/h2-3,6,9-12H,1,4-5,7H2/t9-,10-/m0/s1. The van der Waals surface area contributed by atoms with Crippen LogP contribution in [0.15, 0.2) is 22.8 Å². The molecule has 0 aliphatic heterocycles. The second-order valence-electron chi connectivity index (χ2n) is 3.57. The van der Waals surface area contributed by atoms with Gasteiger partial charge in [-0.2, -0.15) is 0 Å². The van der Waals surface area contributed by atoms with E-state index in [1.807, 2.05) is 12.1 Å². The molecule has 1 aliphatic rings. The lowest BCUT2D eigenvalue weighted by Gasteiger charge is -2.14. The van der Waals surface area contributed by atoms with Crippen LogP contribution in [0.25, 0.3) is 0 Å². The second-order valence-corrected chi connectivity index (χ2v) is 3.57. The molecule has 1 aliphatic carbocycles. The molecular weight excluding hydrogens is 166 g/mol. The molecule has 2 rings (SSSR count). The molecule has 1 heterocycles. The Labute approximate surface area is 77.8 Å². The van der Waals surface area contributed by atoms with Gasteiger partial charge in [-0.05, 0) is 31.4 Å². The molecule has 3 nitrogen and oxygen atoms in total. The lowest BCUT2D eigenvalue weighted by Crippen LogP contribution is -2.34. The van der Waals surface area contributed by atoms with Crippen LogP contribution in [0.5, 0.6) is 0 Å². The predicted octanol–water partition coefficient (Wildman–Crippen LogP) is 1.28. The van der Waals surface area contributed by atoms with Crippen LogP contribution in [0.2, 0.25) is 0 Å². The first-order valence-corrected chi connectivity index (χ1v) is 4.80. The van der Waals surface area contributed by atoms with E-state index in [2.05, 4.69) is 5.32 Å². The number of hydrogen-bond donors (Lipinski definition) is 2. The summed E-state index contributed by atoms with van der Waals surface area (Å²) < 4.78 is 5.18. The number of aliphatic hydroxyl groups is 1. The SMILES string of the molecule is O[C@H]1CCC[C@@H]1NCc1ccco1. The van der Waals surface area contributed by atoms with Crippen LogP contribution < -0.4 is 5.32 Å². The van der Waals surface area contributed by atoms with Gasteiger partial charge in [0.15, 0.2) is 0 Å². The second kappa shape index (κ2) is 3.94. The molecule has 1 aromatic rings. The van der Waals surface area contributed by atoms with Gasteiger partial charge in [-0.1, -0.05) is 0 Å². The Kier molecular flexibility index (Phi) is 2.66. The Morgan fingerprint density at radius 3 is 3.08 bits per heavy atom. The van der Waals surface area contributed by atoms with Crippen molar-refractivity contribution >= 4 is 0 Å². The van der Waals surface area contributed by atoms with E-state index >= 15 is 0 Å². The van der Waals surface area contributed by atoms with Gasteiger partial charge in [0.25, 0.3) is 0 Å². The molecule has 0 spiro atoms. The smallest absolute Gasteiger partial charge is 0.117 e. The zero-order chi connectivity index (χ0) is 9.10. The molecule has 2 N–H and O–H groups in total. The van der Waals surface area contributed by atoms with Crippen molar-refractivity contribution in [2.45, 2.75) is 38.0 Å². The fraction of sp³-hybridized carbons (Fsp3) is 0.600. The van der Waals surface area contributed by atoms with Crippen LogP contribution in [0.3, 0.4) is 0 Å². The molecule has 0 amide bonds. The average Bonchev–Trinajstić information content (AvgIpc) is 2.72. The molecule has 0 saturated heterocycles. The van der Waals surface area contributed by atoms with Crippen molar-refractivity contribution in [3.8, 4) is 0 Å². The molecule has 1 saturated carbocycles. The van der Waals surface area contributed by atoms with E-state index in [9.17, 15) is 5.11 Å². The van der Waals surface area contributed by atoms with E-state index in [0.29, 0.717) is 6.54 Å². The molecular formula is C10H15NO2. The largest absolute Gasteiger partial charge is 0.468 e. The van der Waals surface area contributed by atoms with Gasteiger partial charge in [0.2, 0.25) is 0 Å². The summed E-state index contributed by atoms with van der Waals surface area (Å²) in [6.45, 7) is 0.717. The normalized spacial score (nSPS) is 28.1. The summed E-state index contributed by atoms with van der Waals surface area (Å²) in [6.07, 6.45) is 4.62. The summed E-state index contributed by atoms with van der Waals surface area (Å²) in [4.78, 5) is 0. The van der Waals surface area contributed by atoms with Gasteiger partial charge >= 0.3 is 0 Å². The van der Waals surface area contributed by atoms with Gasteiger partial charge in [-0.25, -0.2) is 0 Å². The molecule has 13 heavy (non-hydrogen) atoms. The number of rotatable bonds is 3. The first-order valence-electron chi connectivity index (χ1n) is 4.80. The molecule has 0 bridgehead atoms. The Morgan fingerprint density at radius 1 is 1.54 bits per heavy atom. The van der Waals surface area contributed by atoms with Crippen LogP contribution >= 0.6 is 0 Å². The van der Waals surface area contributed by atoms with E-state index in [4.69, 9.17) is 4.42 Å². The summed E-state index contributed by atoms with van der Waals surface area (Å²) in [5.41, 5.74) is 0. The zero-order valence-corrected chi connectivity index (χ0v) is 7.57. The first-order chi connectivity index (χ1) is 6.36. The lowest BCUT2D eigenvalue weighted by molar-refractivity contribution is 0.147. The van der Waals surface area contributed by atoms with Crippen LogP contribution in [-0.4, -0.2) is 17.3 Å². The average molecular weight is 181 g/mol. The van der Waals surface area contributed by atoms with Crippen molar-refractivity contribution in [3.63, 3.8) is 0 Å². The maximum Gasteiger partial charge on any atom is 0.117 e. The maximum absolute atomic E-state index is 9.52. The van der Waals surface area contributed by atoms with Gasteiger partial charge in [-0.3, -0.25) is 0 Å². The Morgan fingerprint density at radius 2 is 2.46 bits per heavy atom. The summed E-state index contributed by atoms with van der Waals surface area (Å²) in [5.74, 6) is 0.930. The van der Waals surface area contributed by atoms with Gasteiger partial charge in [0.05, 0.1) is 18.9 Å². The highest BCUT2D eigenvalue weighted by molar-refractivity contribution is 4.98. The summed E-state index contributed by atoms with van der Waals surface area (Å²) >= 11 is 0. The van der Waals surface area contributed by atoms with Crippen LogP contribution in [0.1, 0.15) is 25.0 Å². The van der Waals surface area contributed by atoms with E-state index in [1.54, 1.807) is 6.26 Å².